The highest BCUT2D eigenvalue weighted by Gasteiger charge is 2.36. The molecule has 21 heavy (non-hydrogen) atoms. The molecular weight excluding hydrogens is 264 g/mol. The molecule has 0 fully saturated rings. The van der Waals surface area contributed by atoms with Gasteiger partial charge in [0.25, 0.3) is 0 Å². The molecule has 4 heteroatoms. The van der Waals surface area contributed by atoms with E-state index in [1.54, 1.807) is 13.8 Å². The van der Waals surface area contributed by atoms with Gasteiger partial charge in [0.05, 0.1) is 0 Å². The maximum Gasteiger partial charge on any atom is 0.239 e. The smallest absolute Gasteiger partial charge is 0.239 e. The van der Waals surface area contributed by atoms with Crippen molar-refractivity contribution in [2.45, 2.75) is 53.5 Å². The number of nitrogens with one attached hydrogen (secondary N) is 2. The zero-order chi connectivity index (χ0) is 16.0. The molecule has 0 aromatic heterocycles. The zero-order valence-corrected chi connectivity index (χ0v) is 13.6. The summed E-state index contributed by atoms with van der Waals surface area (Å²) in [5.74, 6) is -0.535. The van der Waals surface area contributed by atoms with Crippen LogP contribution < -0.4 is 10.6 Å². The van der Waals surface area contributed by atoms with E-state index in [0.29, 0.717) is 0 Å². The Morgan fingerprint density at radius 1 is 1.14 bits per heavy atom. The molecule has 0 spiro atoms. The van der Waals surface area contributed by atoms with Gasteiger partial charge in [0.1, 0.15) is 5.41 Å². The van der Waals surface area contributed by atoms with Crippen LogP contribution in [0, 0.1) is 5.41 Å². The minimum Gasteiger partial charge on any atom is -0.353 e. The Morgan fingerprint density at radius 3 is 2.33 bits per heavy atom. The normalized spacial score (nSPS) is 12.6. The number of rotatable bonds is 6. The van der Waals surface area contributed by atoms with E-state index in [4.69, 9.17) is 0 Å². The van der Waals surface area contributed by atoms with Crippen LogP contribution in [0.1, 0.15) is 46.6 Å². The summed E-state index contributed by atoms with van der Waals surface area (Å²) in [6.07, 6.45) is 1.66. The maximum absolute atomic E-state index is 12.4. The Balaban J connectivity index is 2.84. The van der Waals surface area contributed by atoms with Gasteiger partial charge in [-0.2, -0.15) is 0 Å². The minimum absolute atomic E-state index is 0.0625. The molecule has 116 valence electrons. The molecule has 0 aliphatic heterocycles. The summed E-state index contributed by atoms with van der Waals surface area (Å²) in [6.45, 7) is 9.25. The summed E-state index contributed by atoms with van der Waals surface area (Å²) in [6, 6.07) is 7.71. The molecule has 1 rings (SSSR count). The second-order valence-corrected chi connectivity index (χ2v) is 5.87. The molecule has 1 aromatic carbocycles. The minimum atomic E-state index is -1.11. The van der Waals surface area contributed by atoms with Gasteiger partial charge < -0.3 is 10.6 Å². The van der Waals surface area contributed by atoms with E-state index < -0.39 is 5.41 Å². The van der Waals surface area contributed by atoms with Crippen molar-refractivity contribution in [3.63, 3.8) is 0 Å². The van der Waals surface area contributed by atoms with Crippen molar-refractivity contribution < 1.29 is 9.59 Å². The first-order valence-electron chi connectivity index (χ1n) is 7.53. The lowest BCUT2D eigenvalue weighted by atomic mass is 9.90. The van der Waals surface area contributed by atoms with Gasteiger partial charge in [-0.15, -0.1) is 0 Å². The SMILES string of the molecule is CCc1ccccc1NC(=O)C(C)(C)C(=O)NC(C)CC. The topological polar surface area (TPSA) is 58.2 Å². The monoisotopic (exact) mass is 290 g/mol. The van der Waals surface area contributed by atoms with Crippen LogP contribution in [0.5, 0.6) is 0 Å². The van der Waals surface area contributed by atoms with Gasteiger partial charge in [0, 0.05) is 11.7 Å². The fourth-order valence-corrected chi connectivity index (χ4v) is 1.84. The van der Waals surface area contributed by atoms with E-state index in [0.717, 1.165) is 24.1 Å². The average Bonchev–Trinajstić information content (AvgIpc) is 2.47. The highest BCUT2D eigenvalue weighted by molar-refractivity contribution is 6.10. The van der Waals surface area contributed by atoms with Crippen LogP contribution in [-0.2, 0) is 16.0 Å². The van der Waals surface area contributed by atoms with Gasteiger partial charge in [-0.25, -0.2) is 0 Å². The first-order chi connectivity index (χ1) is 9.82. The van der Waals surface area contributed by atoms with Gasteiger partial charge in [0.15, 0.2) is 0 Å². The Hall–Kier alpha value is -1.84. The van der Waals surface area contributed by atoms with Crippen LogP contribution in [0.4, 0.5) is 5.69 Å². The lowest BCUT2D eigenvalue weighted by Crippen LogP contribution is -2.47. The molecule has 4 nitrogen and oxygen atoms in total. The third-order valence-corrected chi connectivity index (χ3v) is 3.77. The third kappa shape index (κ3) is 4.31. The largest absolute Gasteiger partial charge is 0.353 e. The summed E-state index contributed by atoms with van der Waals surface area (Å²) in [5, 5.41) is 5.74. The highest BCUT2D eigenvalue weighted by atomic mass is 16.2. The molecule has 1 unspecified atom stereocenters. The number of amides is 2. The lowest BCUT2D eigenvalue weighted by molar-refractivity contribution is -0.138. The molecule has 0 heterocycles. The van der Waals surface area contributed by atoms with E-state index in [1.807, 2.05) is 45.0 Å². The predicted octanol–water partition coefficient (Wildman–Crippen LogP) is 3.13. The Labute approximate surface area is 127 Å². The van der Waals surface area contributed by atoms with Crippen LogP contribution in [0.15, 0.2) is 24.3 Å². The fourth-order valence-electron chi connectivity index (χ4n) is 1.84. The van der Waals surface area contributed by atoms with Crippen molar-refractivity contribution >= 4 is 17.5 Å². The number of anilines is 1. The molecule has 0 aliphatic carbocycles. The second-order valence-electron chi connectivity index (χ2n) is 5.87. The van der Waals surface area contributed by atoms with E-state index >= 15 is 0 Å². The summed E-state index contributed by atoms with van der Waals surface area (Å²) < 4.78 is 0. The highest BCUT2D eigenvalue weighted by Crippen LogP contribution is 2.22. The van der Waals surface area contributed by atoms with Crippen LogP contribution in [0.3, 0.4) is 0 Å². The van der Waals surface area contributed by atoms with Gasteiger partial charge in [0.2, 0.25) is 11.8 Å². The average molecular weight is 290 g/mol. The van der Waals surface area contributed by atoms with Crippen LogP contribution >= 0.6 is 0 Å². The van der Waals surface area contributed by atoms with Crippen molar-refractivity contribution in [2.24, 2.45) is 5.41 Å². The third-order valence-electron chi connectivity index (χ3n) is 3.77. The van der Waals surface area contributed by atoms with E-state index in [2.05, 4.69) is 10.6 Å². The number of aryl methyl sites for hydroxylation is 1. The molecule has 1 aromatic rings. The quantitative estimate of drug-likeness (QED) is 0.791. The van der Waals surface area contributed by atoms with Crippen molar-refractivity contribution in [3.8, 4) is 0 Å². The van der Waals surface area contributed by atoms with Crippen molar-refractivity contribution in [3.05, 3.63) is 29.8 Å². The fraction of sp³-hybridized carbons (Fsp3) is 0.529. The number of hydrogen-bond acceptors (Lipinski definition) is 2. The summed E-state index contributed by atoms with van der Waals surface area (Å²) in [4.78, 5) is 24.7. The van der Waals surface area contributed by atoms with Crippen molar-refractivity contribution in [1.29, 1.82) is 0 Å². The number of hydrogen-bond donors (Lipinski definition) is 2. The van der Waals surface area contributed by atoms with Crippen molar-refractivity contribution in [1.82, 2.24) is 5.32 Å². The molecule has 0 saturated carbocycles. The van der Waals surface area contributed by atoms with E-state index in [-0.39, 0.29) is 17.9 Å². The van der Waals surface area contributed by atoms with Gasteiger partial charge >= 0.3 is 0 Å². The number of carbonyl (C=O) groups excluding carboxylic acids is 2. The Morgan fingerprint density at radius 2 is 1.76 bits per heavy atom. The van der Waals surface area contributed by atoms with Gasteiger partial charge in [-0.05, 0) is 45.2 Å². The molecule has 0 bridgehead atoms. The molecule has 0 radical (unpaired) electrons. The standard InChI is InChI=1S/C17H26N2O2/c1-6-12(3)18-15(20)17(4,5)16(21)19-14-11-9-8-10-13(14)7-2/h8-12H,6-7H2,1-5H3,(H,18,20)(H,19,21). The maximum atomic E-state index is 12.4. The molecular formula is C17H26N2O2. The Kier molecular flexibility index (Phi) is 5.94. The molecule has 0 aliphatic rings. The van der Waals surface area contributed by atoms with Crippen LogP contribution in [0.2, 0.25) is 0 Å². The van der Waals surface area contributed by atoms with Crippen molar-refractivity contribution in [2.75, 3.05) is 5.32 Å². The molecule has 2 N–H and O–H groups in total. The first kappa shape index (κ1) is 17.2. The predicted molar refractivity (Wildman–Crippen MR) is 86.1 cm³/mol. The van der Waals surface area contributed by atoms with Crippen LogP contribution in [0.25, 0.3) is 0 Å². The summed E-state index contributed by atoms with van der Waals surface area (Å²) in [7, 11) is 0. The van der Waals surface area contributed by atoms with E-state index in [1.165, 1.54) is 0 Å². The lowest BCUT2D eigenvalue weighted by Gasteiger charge is -2.25. The van der Waals surface area contributed by atoms with E-state index in [9.17, 15) is 9.59 Å². The number of carbonyl (C=O) groups is 2. The molecule has 2 amide bonds. The molecule has 1 atom stereocenters. The second kappa shape index (κ2) is 7.25. The number of para-hydroxylation sites is 1. The van der Waals surface area contributed by atoms with Gasteiger partial charge in [-0.3, -0.25) is 9.59 Å². The zero-order valence-electron chi connectivity index (χ0n) is 13.6. The Bertz CT molecular complexity index is 509. The first-order valence-corrected chi connectivity index (χ1v) is 7.53. The summed E-state index contributed by atoms with van der Waals surface area (Å²) in [5.41, 5.74) is 0.725. The van der Waals surface area contributed by atoms with Crippen LogP contribution in [-0.4, -0.2) is 17.9 Å². The summed E-state index contributed by atoms with van der Waals surface area (Å²) >= 11 is 0. The van der Waals surface area contributed by atoms with Gasteiger partial charge in [-0.1, -0.05) is 32.0 Å². The number of benzene rings is 1. The molecule has 0 saturated heterocycles.